The first kappa shape index (κ1) is 13.1. The Morgan fingerprint density at radius 1 is 1.33 bits per heavy atom. The van der Waals surface area contributed by atoms with Gasteiger partial charge in [0.1, 0.15) is 0 Å². The van der Waals surface area contributed by atoms with Crippen LogP contribution < -0.4 is 4.90 Å². The molecule has 1 amide bonds. The average Bonchev–Trinajstić information content (AvgIpc) is 2.59. The highest BCUT2D eigenvalue weighted by Gasteiger charge is 2.35. The van der Waals surface area contributed by atoms with Gasteiger partial charge in [0.05, 0.1) is 11.3 Å². The number of hydrogen-bond donors (Lipinski definition) is 0. The van der Waals surface area contributed by atoms with Crippen LogP contribution in [-0.4, -0.2) is 31.4 Å². The number of rotatable bonds is 5. The monoisotopic (exact) mass is 267 g/mol. The van der Waals surface area contributed by atoms with Crippen LogP contribution in [0.4, 0.5) is 5.69 Å². The summed E-state index contributed by atoms with van der Waals surface area (Å²) >= 11 is 5.89. The number of amides is 1. The van der Waals surface area contributed by atoms with Crippen LogP contribution in [0.1, 0.15) is 23.7 Å². The lowest BCUT2D eigenvalue weighted by Crippen LogP contribution is -2.31. The summed E-state index contributed by atoms with van der Waals surface area (Å²) in [6.45, 7) is 3.61. The van der Waals surface area contributed by atoms with Gasteiger partial charge in [-0.3, -0.25) is 9.59 Å². The Hall–Kier alpha value is -1.39. The van der Waals surface area contributed by atoms with Crippen LogP contribution in [0, 0.1) is 0 Å². The van der Waals surface area contributed by atoms with Crippen molar-refractivity contribution in [3.8, 4) is 0 Å². The number of fused-ring (bicyclic) bond motifs is 1. The Morgan fingerprint density at radius 2 is 2.11 bits per heavy atom. The molecule has 0 bridgehead atoms. The lowest BCUT2D eigenvalue weighted by Gasteiger charge is -2.16. The largest absolute Gasteiger partial charge is 0.382 e. The Balaban J connectivity index is 2.14. The molecule has 1 aliphatic rings. The van der Waals surface area contributed by atoms with E-state index in [9.17, 15) is 9.59 Å². The third-order valence-electron chi connectivity index (χ3n) is 2.81. The van der Waals surface area contributed by atoms with Crippen molar-refractivity contribution in [1.82, 2.24) is 0 Å². The van der Waals surface area contributed by atoms with E-state index in [0.29, 0.717) is 42.5 Å². The second-order valence-corrected chi connectivity index (χ2v) is 4.43. The van der Waals surface area contributed by atoms with Gasteiger partial charge in [0.15, 0.2) is 0 Å². The van der Waals surface area contributed by atoms with Gasteiger partial charge in [-0.25, -0.2) is 0 Å². The molecule has 0 unspecified atom stereocenters. The van der Waals surface area contributed by atoms with E-state index in [1.165, 1.54) is 4.90 Å². The molecule has 96 valence electrons. The summed E-state index contributed by atoms with van der Waals surface area (Å²) in [5.41, 5.74) is 1.04. The van der Waals surface area contributed by atoms with Gasteiger partial charge in [-0.05, 0) is 31.5 Å². The summed E-state index contributed by atoms with van der Waals surface area (Å²) in [5, 5.41) is 0.519. The van der Waals surface area contributed by atoms with Crippen LogP contribution in [0.25, 0.3) is 0 Å². The van der Waals surface area contributed by atoms with Crippen molar-refractivity contribution < 1.29 is 14.3 Å². The first-order chi connectivity index (χ1) is 8.65. The molecule has 1 aliphatic heterocycles. The smallest absolute Gasteiger partial charge is 0.299 e. The van der Waals surface area contributed by atoms with Crippen LogP contribution in [-0.2, 0) is 9.53 Å². The summed E-state index contributed by atoms with van der Waals surface area (Å²) in [7, 11) is 0. The minimum Gasteiger partial charge on any atom is -0.382 e. The number of hydrogen-bond acceptors (Lipinski definition) is 3. The molecule has 0 atom stereocenters. The van der Waals surface area contributed by atoms with Crippen LogP contribution >= 0.6 is 11.6 Å². The molecule has 0 saturated carbocycles. The highest BCUT2D eigenvalue weighted by molar-refractivity contribution is 6.52. The maximum Gasteiger partial charge on any atom is 0.299 e. The van der Waals surface area contributed by atoms with Crippen LogP contribution in [0.3, 0.4) is 0 Å². The van der Waals surface area contributed by atoms with Crippen molar-refractivity contribution >= 4 is 29.0 Å². The molecular formula is C13H14ClNO3. The molecule has 5 heteroatoms. The molecule has 0 aromatic heterocycles. The maximum absolute atomic E-state index is 11.8. The number of carbonyl (C=O) groups excluding carboxylic acids is 2. The average molecular weight is 268 g/mol. The number of nitrogens with zero attached hydrogens (tertiary/aromatic N) is 1. The molecule has 0 N–H and O–H groups in total. The van der Waals surface area contributed by atoms with Crippen molar-refractivity contribution in [2.45, 2.75) is 13.3 Å². The molecule has 0 saturated heterocycles. The predicted octanol–water partition coefficient (Wildman–Crippen LogP) is 2.30. The molecule has 0 aliphatic carbocycles. The number of ether oxygens (including phenoxy) is 1. The van der Waals surface area contributed by atoms with Crippen molar-refractivity contribution in [1.29, 1.82) is 0 Å². The third-order valence-corrected chi connectivity index (χ3v) is 3.04. The lowest BCUT2D eigenvalue weighted by molar-refractivity contribution is -0.114. The zero-order valence-electron chi connectivity index (χ0n) is 10.1. The number of ketones is 1. The van der Waals surface area contributed by atoms with Gasteiger partial charge in [-0.1, -0.05) is 11.6 Å². The number of Topliss-reactive ketones (excluding diaryl/α,β-unsaturated/α-hetero) is 1. The Kier molecular flexibility index (Phi) is 3.99. The second kappa shape index (κ2) is 5.50. The van der Waals surface area contributed by atoms with Gasteiger partial charge in [0, 0.05) is 24.8 Å². The van der Waals surface area contributed by atoms with E-state index >= 15 is 0 Å². The maximum atomic E-state index is 11.8. The summed E-state index contributed by atoms with van der Waals surface area (Å²) in [6.07, 6.45) is 0.693. The quantitative estimate of drug-likeness (QED) is 0.607. The Morgan fingerprint density at radius 3 is 2.83 bits per heavy atom. The molecule has 18 heavy (non-hydrogen) atoms. The highest BCUT2D eigenvalue weighted by Crippen LogP contribution is 2.31. The predicted molar refractivity (Wildman–Crippen MR) is 69.2 cm³/mol. The lowest BCUT2D eigenvalue weighted by atomic mass is 10.1. The highest BCUT2D eigenvalue weighted by atomic mass is 35.5. The van der Waals surface area contributed by atoms with E-state index in [0.717, 1.165) is 0 Å². The van der Waals surface area contributed by atoms with Gasteiger partial charge < -0.3 is 9.64 Å². The number of halogens is 1. The SMILES string of the molecule is CCOCCCN1C(=O)C(=O)c2ccc(Cl)cc21. The third kappa shape index (κ3) is 2.40. The van der Waals surface area contributed by atoms with Crippen molar-refractivity contribution in [3.05, 3.63) is 28.8 Å². The summed E-state index contributed by atoms with van der Waals surface area (Å²) in [6, 6.07) is 4.87. The van der Waals surface area contributed by atoms with E-state index < -0.39 is 11.7 Å². The first-order valence-electron chi connectivity index (χ1n) is 5.88. The minimum absolute atomic E-state index is 0.431. The zero-order chi connectivity index (χ0) is 13.1. The van der Waals surface area contributed by atoms with E-state index in [1.807, 2.05) is 6.92 Å². The fraction of sp³-hybridized carbons (Fsp3) is 0.385. The first-order valence-corrected chi connectivity index (χ1v) is 6.26. The van der Waals surface area contributed by atoms with E-state index in [2.05, 4.69) is 0 Å². The molecule has 2 rings (SSSR count). The standard InChI is InChI=1S/C13H14ClNO3/c1-2-18-7-3-6-15-11-8-9(14)4-5-10(11)12(16)13(15)17/h4-5,8H,2-3,6-7H2,1H3. The topological polar surface area (TPSA) is 46.6 Å². The van der Waals surface area contributed by atoms with Crippen LogP contribution in [0.2, 0.25) is 5.02 Å². The van der Waals surface area contributed by atoms with E-state index in [-0.39, 0.29) is 0 Å². The van der Waals surface area contributed by atoms with Crippen molar-refractivity contribution in [2.75, 3.05) is 24.7 Å². The number of carbonyl (C=O) groups is 2. The van der Waals surface area contributed by atoms with Crippen LogP contribution in [0.15, 0.2) is 18.2 Å². The Bertz CT molecular complexity index is 487. The van der Waals surface area contributed by atoms with Gasteiger partial charge in [-0.2, -0.15) is 0 Å². The number of benzene rings is 1. The minimum atomic E-state index is -0.483. The van der Waals surface area contributed by atoms with E-state index in [1.54, 1.807) is 18.2 Å². The van der Waals surface area contributed by atoms with E-state index in [4.69, 9.17) is 16.3 Å². The summed E-state index contributed by atoms with van der Waals surface area (Å²) in [5.74, 6) is -0.943. The molecule has 0 spiro atoms. The molecule has 1 heterocycles. The number of anilines is 1. The van der Waals surface area contributed by atoms with Gasteiger partial charge in [-0.15, -0.1) is 0 Å². The van der Waals surface area contributed by atoms with Gasteiger partial charge in [0.25, 0.3) is 11.7 Å². The van der Waals surface area contributed by atoms with Crippen molar-refractivity contribution in [2.24, 2.45) is 0 Å². The van der Waals surface area contributed by atoms with Gasteiger partial charge in [0.2, 0.25) is 0 Å². The normalized spacial score (nSPS) is 14.2. The summed E-state index contributed by atoms with van der Waals surface area (Å²) in [4.78, 5) is 25.0. The fourth-order valence-corrected chi connectivity index (χ4v) is 2.12. The molecule has 0 fully saturated rings. The molecule has 1 aromatic rings. The van der Waals surface area contributed by atoms with Gasteiger partial charge >= 0.3 is 0 Å². The zero-order valence-corrected chi connectivity index (χ0v) is 10.9. The van der Waals surface area contributed by atoms with Crippen LogP contribution in [0.5, 0.6) is 0 Å². The molecular weight excluding hydrogens is 254 g/mol. The molecule has 4 nitrogen and oxygen atoms in total. The van der Waals surface area contributed by atoms with Crippen molar-refractivity contribution in [3.63, 3.8) is 0 Å². The fourth-order valence-electron chi connectivity index (χ4n) is 1.96. The Labute approximate surface area is 110 Å². The molecule has 1 aromatic carbocycles. The molecule has 0 radical (unpaired) electrons. The summed E-state index contributed by atoms with van der Waals surface area (Å²) < 4.78 is 5.22. The second-order valence-electron chi connectivity index (χ2n) is 4.00.